The molecule has 0 aromatic heterocycles. The second-order valence-corrected chi connectivity index (χ2v) is 7.51. The van der Waals surface area contributed by atoms with Gasteiger partial charge in [-0.2, -0.15) is 0 Å². The van der Waals surface area contributed by atoms with Gasteiger partial charge < -0.3 is 10.0 Å². The van der Waals surface area contributed by atoms with E-state index in [2.05, 4.69) is 24.2 Å². The third-order valence-electron chi connectivity index (χ3n) is 5.58. The summed E-state index contributed by atoms with van der Waals surface area (Å²) in [7, 11) is 2.19. The van der Waals surface area contributed by atoms with Gasteiger partial charge in [-0.1, -0.05) is 6.42 Å². The zero-order valence-corrected chi connectivity index (χ0v) is 14.1. The monoisotopic (exact) mass is 296 g/mol. The maximum atomic E-state index is 11.9. The van der Waals surface area contributed by atoms with Crippen molar-refractivity contribution in [1.82, 2.24) is 10.2 Å². The summed E-state index contributed by atoms with van der Waals surface area (Å²) in [5.41, 5.74) is -0.697. The van der Waals surface area contributed by atoms with E-state index in [1.165, 1.54) is 12.8 Å². The second-order valence-electron chi connectivity index (χ2n) is 7.51. The molecule has 2 N–H and O–H groups in total. The summed E-state index contributed by atoms with van der Waals surface area (Å²) in [6.45, 7) is 7.41. The quantitative estimate of drug-likeness (QED) is 0.723. The number of carboxylic acids is 1. The van der Waals surface area contributed by atoms with Crippen molar-refractivity contribution in [2.45, 2.75) is 76.9 Å². The molecule has 4 heteroatoms. The highest BCUT2D eigenvalue weighted by atomic mass is 16.4. The Morgan fingerprint density at radius 3 is 2.52 bits per heavy atom. The van der Waals surface area contributed by atoms with Crippen LogP contribution in [0.1, 0.15) is 59.3 Å². The molecule has 0 spiro atoms. The van der Waals surface area contributed by atoms with Gasteiger partial charge in [0.25, 0.3) is 0 Å². The molecule has 0 amide bonds. The lowest BCUT2D eigenvalue weighted by Gasteiger charge is -2.36. The highest BCUT2D eigenvalue weighted by molar-refractivity contribution is 5.79. The Morgan fingerprint density at radius 1 is 1.33 bits per heavy atom. The molecule has 4 nitrogen and oxygen atoms in total. The minimum absolute atomic E-state index is 0.213. The zero-order valence-electron chi connectivity index (χ0n) is 14.1. The normalized spacial score (nSPS) is 31.0. The van der Waals surface area contributed by atoms with Crippen molar-refractivity contribution in [3.63, 3.8) is 0 Å². The Labute approximate surface area is 129 Å². The van der Waals surface area contributed by atoms with Crippen LogP contribution in [0, 0.1) is 11.8 Å². The molecule has 2 fully saturated rings. The summed E-state index contributed by atoms with van der Waals surface area (Å²) in [4.78, 5) is 14.3. The largest absolute Gasteiger partial charge is 0.480 e. The number of aliphatic carboxylic acids is 1. The van der Waals surface area contributed by atoms with Gasteiger partial charge in [-0.3, -0.25) is 10.1 Å². The number of nitrogens with one attached hydrogen (secondary N) is 1. The molecular formula is C17H32N2O2. The first-order valence-electron chi connectivity index (χ1n) is 8.58. The van der Waals surface area contributed by atoms with Crippen molar-refractivity contribution in [2.75, 3.05) is 13.6 Å². The van der Waals surface area contributed by atoms with Gasteiger partial charge in [0.1, 0.15) is 5.54 Å². The minimum atomic E-state index is -0.697. The zero-order chi connectivity index (χ0) is 15.6. The van der Waals surface area contributed by atoms with Crippen molar-refractivity contribution in [1.29, 1.82) is 0 Å². The van der Waals surface area contributed by atoms with E-state index in [9.17, 15) is 9.90 Å². The van der Waals surface area contributed by atoms with E-state index in [1.54, 1.807) is 0 Å². The second kappa shape index (κ2) is 6.66. The molecule has 2 rings (SSSR count). The molecule has 3 unspecified atom stereocenters. The van der Waals surface area contributed by atoms with Crippen molar-refractivity contribution in [2.24, 2.45) is 11.8 Å². The highest BCUT2D eigenvalue weighted by Crippen LogP contribution is 2.39. The fourth-order valence-electron chi connectivity index (χ4n) is 4.02. The predicted molar refractivity (Wildman–Crippen MR) is 85.4 cm³/mol. The van der Waals surface area contributed by atoms with Crippen molar-refractivity contribution in [3.8, 4) is 0 Å². The summed E-state index contributed by atoms with van der Waals surface area (Å²) in [5, 5.41) is 13.2. The molecule has 0 saturated heterocycles. The summed E-state index contributed by atoms with van der Waals surface area (Å²) >= 11 is 0. The average Bonchev–Trinajstić information content (AvgIpc) is 3.17. The predicted octanol–water partition coefficient (Wildman–Crippen LogP) is 2.73. The Hall–Kier alpha value is -0.610. The minimum Gasteiger partial charge on any atom is -0.480 e. The third kappa shape index (κ3) is 3.78. The molecule has 21 heavy (non-hydrogen) atoms. The number of carboxylic acid groups (broad SMARTS) is 1. The molecular weight excluding hydrogens is 264 g/mol. The number of nitrogens with zero attached hydrogens (tertiary/aromatic N) is 1. The van der Waals surface area contributed by atoms with Crippen LogP contribution in [0.25, 0.3) is 0 Å². The van der Waals surface area contributed by atoms with E-state index in [1.807, 2.05) is 13.8 Å². The van der Waals surface area contributed by atoms with Crippen molar-refractivity contribution in [3.05, 3.63) is 0 Å². The maximum absolute atomic E-state index is 11.9. The summed E-state index contributed by atoms with van der Waals surface area (Å²) in [6, 6.07) is 0.855. The first-order valence-corrected chi connectivity index (χ1v) is 8.58. The number of carbonyl (C=O) groups is 1. The van der Waals surface area contributed by atoms with Crippen molar-refractivity contribution >= 4 is 5.97 Å². The molecule has 2 aliphatic carbocycles. The Bertz CT molecular complexity index is 368. The molecule has 0 aromatic carbocycles. The highest BCUT2D eigenvalue weighted by Gasteiger charge is 2.49. The van der Waals surface area contributed by atoms with Gasteiger partial charge in [-0.15, -0.1) is 0 Å². The summed E-state index contributed by atoms with van der Waals surface area (Å²) < 4.78 is 0. The molecule has 0 radical (unpaired) electrons. The summed E-state index contributed by atoms with van der Waals surface area (Å²) in [5.74, 6) is 0.472. The van der Waals surface area contributed by atoms with Crippen LogP contribution in [0.4, 0.5) is 0 Å². The lowest BCUT2D eigenvalue weighted by Crippen LogP contribution is -2.57. The standard InChI is InChI=1S/C17H32N2O2/c1-12(2)18-17(16(20)21)10-5-6-15(17)9-11-19(4)13(3)14-7-8-14/h12-15,18H,5-11H2,1-4H3,(H,20,21). The number of hydrogen-bond donors (Lipinski definition) is 2. The summed E-state index contributed by atoms with van der Waals surface area (Å²) in [6.07, 6.45) is 6.55. The topological polar surface area (TPSA) is 52.6 Å². The van der Waals surface area contributed by atoms with E-state index >= 15 is 0 Å². The molecule has 0 heterocycles. The lowest BCUT2D eigenvalue weighted by molar-refractivity contribution is -0.147. The van der Waals surface area contributed by atoms with Crippen LogP contribution >= 0.6 is 0 Å². The van der Waals surface area contributed by atoms with Gasteiger partial charge in [-0.05, 0) is 78.3 Å². The Morgan fingerprint density at radius 2 is 2.00 bits per heavy atom. The van der Waals surface area contributed by atoms with Crippen LogP contribution in [-0.4, -0.2) is 47.2 Å². The smallest absolute Gasteiger partial charge is 0.324 e. The fraction of sp³-hybridized carbons (Fsp3) is 0.941. The molecule has 2 aliphatic rings. The first-order chi connectivity index (χ1) is 9.86. The van der Waals surface area contributed by atoms with Gasteiger partial charge in [0.05, 0.1) is 0 Å². The van der Waals surface area contributed by atoms with Crippen LogP contribution in [0.3, 0.4) is 0 Å². The first kappa shape index (κ1) is 16.8. The SMILES string of the molecule is CC(C)NC1(C(=O)O)CCCC1CCN(C)C(C)C1CC1. The van der Waals surface area contributed by atoms with E-state index in [-0.39, 0.29) is 12.0 Å². The molecule has 0 aliphatic heterocycles. The molecule has 122 valence electrons. The van der Waals surface area contributed by atoms with Gasteiger partial charge in [0.15, 0.2) is 0 Å². The van der Waals surface area contributed by atoms with Crippen molar-refractivity contribution < 1.29 is 9.90 Å². The van der Waals surface area contributed by atoms with Crippen LogP contribution in [0.15, 0.2) is 0 Å². The van der Waals surface area contributed by atoms with Gasteiger partial charge in [0, 0.05) is 12.1 Å². The fourth-order valence-corrected chi connectivity index (χ4v) is 4.02. The molecule has 3 atom stereocenters. The number of hydrogen-bond acceptors (Lipinski definition) is 3. The molecule has 2 saturated carbocycles. The Balaban J connectivity index is 1.94. The van der Waals surface area contributed by atoms with Gasteiger partial charge in [0.2, 0.25) is 0 Å². The Kier molecular flexibility index (Phi) is 5.31. The van der Waals surface area contributed by atoms with E-state index in [0.29, 0.717) is 6.04 Å². The van der Waals surface area contributed by atoms with E-state index < -0.39 is 11.5 Å². The number of rotatable bonds is 8. The van der Waals surface area contributed by atoms with Crippen LogP contribution < -0.4 is 5.32 Å². The van der Waals surface area contributed by atoms with E-state index in [0.717, 1.165) is 38.1 Å². The van der Waals surface area contributed by atoms with Crippen LogP contribution in [-0.2, 0) is 4.79 Å². The molecule has 0 aromatic rings. The van der Waals surface area contributed by atoms with Gasteiger partial charge in [-0.25, -0.2) is 0 Å². The van der Waals surface area contributed by atoms with Crippen LogP contribution in [0.2, 0.25) is 0 Å². The average molecular weight is 296 g/mol. The lowest BCUT2D eigenvalue weighted by atomic mass is 9.83. The van der Waals surface area contributed by atoms with E-state index in [4.69, 9.17) is 0 Å². The molecule has 0 bridgehead atoms. The third-order valence-corrected chi connectivity index (χ3v) is 5.58. The maximum Gasteiger partial charge on any atom is 0.324 e. The van der Waals surface area contributed by atoms with Crippen LogP contribution in [0.5, 0.6) is 0 Å². The van der Waals surface area contributed by atoms with Gasteiger partial charge >= 0.3 is 5.97 Å².